The number of hydrogen-bond acceptors (Lipinski definition) is 5. The van der Waals surface area contributed by atoms with Crippen LogP contribution in [0.3, 0.4) is 0 Å². The molecule has 1 N–H and O–H groups in total. The van der Waals surface area contributed by atoms with E-state index in [-0.39, 0.29) is 27.2 Å². The van der Waals surface area contributed by atoms with Gasteiger partial charge in [0.25, 0.3) is 5.69 Å². The van der Waals surface area contributed by atoms with Crippen LogP contribution in [0.25, 0.3) is 0 Å². The van der Waals surface area contributed by atoms with Crippen LogP contribution in [-0.2, 0) is 21.4 Å². The van der Waals surface area contributed by atoms with Gasteiger partial charge in [-0.25, -0.2) is 8.42 Å². The summed E-state index contributed by atoms with van der Waals surface area (Å²) in [7, 11) is -4.32. The molecule has 27 heavy (non-hydrogen) atoms. The van der Waals surface area contributed by atoms with E-state index in [9.17, 15) is 28.4 Å². The van der Waals surface area contributed by atoms with Gasteiger partial charge in [0.05, 0.1) is 9.95 Å². The fraction of sp³-hybridized carbons (Fsp3) is 0.188. The van der Waals surface area contributed by atoms with E-state index in [2.05, 4.69) is 0 Å². The molecule has 144 valence electrons. The number of nitrogens with zero attached hydrogens (tertiary/aromatic N) is 2. The molecule has 0 spiro atoms. The second kappa shape index (κ2) is 8.22. The van der Waals surface area contributed by atoms with Crippen LogP contribution in [0.1, 0.15) is 12.5 Å². The van der Waals surface area contributed by atoms with Crippen molar-refractivity contribution in [3.8, 4) is 0 Å². The van der Waals surface area contributed by atoms with Crippen molar-refractivity contribution in [1.29, 1.82) is 0 Å². The van der Waals surface area contributed by atoms with E-state index in [0.717, 1.165) is 10.4 Å². The summed E-state index contributed by atoms with van der Waals surface area (Å²) in [6.45, 7) is 0.889. The monoisotopic (exact) mass is 432 g/mol. The summed E-state index contributed by atoms with van der Waals surface area (Å²) >= 11 is 11.8. The zero-order valence-corrected chi connectivity index (χ0v) is 16.2. The molecule has 0 bridgehead atoms. The molecule has 0 unspecified atom stereocenters. The fourth-order valence-corrected chi connectivity index (χ4v) is 4.57. The number of hydrogen-bond donors (Lipinski definition) is 1. The van der Waals surface area contributed by atoms with Crippen molar-refractivity contribution in [2.75, 3.05) is 0 Å². The van der Waals surface area contributed by atoms with Gasteiger partial charge in [-0.3, -0.25) is 14.9 Å². The molecule has 2 aromatic carbocycles. The van der Waals surface area contributed by atoms with Crippen molar-refractivity contribution in [2.45, 2.75) is 24.4 Å². The quantitative estimate of drug-likeness (QED) is 0.527. The second-order valence-corrected chi connectivity index (χ2v) is 8.27. The smallest absolute Gasteiger partial charge is 0.321 e. The number of aliphatic carboxylic acids is 1. The SMILES string of the molecule is C[C@@H](C(=O)O)N(Cc1ccc([N+](=O)[O-])cc1)S(=O)(=O)c1cc(Cl)ccc1Cl. The normalized spacial score (nSPS) is 12.7. The van der Waals surface area contributed by atoms with Crippen LogP contribution in [-0.4, -0.2) is 34.8 Å². The Kier molecular flexibility index (Phi) is 6.42. The summed E-state index contributed by atoms with van der Waals surface area (Å²) in [6.07, 6.45) is 0. The largest absolute Gasteiger partial charge is 0.480 e. The molecule has 8 nitrogen and oxygen atoms in total. The Bertz CT molecular complexity index is 979. The van der Waals surface area contributed by atoms with Crippen molar-refractivity contribution in [3.63, 3.8) is 0 Å². The van der Waals surface area contributed by atoms with Gasteiger partial charge in [0.2, 0.25) is 10.0 Å². The Morgan fingerprint density at radius 2 is 1.81 bits per heavy atom. The molecule has 0 saturated heterocycles. The number of sulfonamides is 1. The summed E-state index contributed by atoms with van der Waals surface area (Å²) in [6, 6.07) is 7.55. The lowest BCUT2D eigenvalue weighted by Gasteiger charge is -2.26. The van der Waals surface area contributed by atoms with Crippen LogP contribution >= 0.6 is 23.2 Å². The van der Waals surface area contributed by atoms with Gasteiger partial charge in [0, 0.05) is 23.7 Å². The van der Waals surface area contributed by atoms with Crippen LogP contribution in [0, 0.1) is 10.1 Å². The number of rotatable bonds is 7. The average Bonchev–Trinajstić information content (AvgIpc) is 2.61. The van der Waals surface area contributed by atoms with E-state index in [0.29, 0.717) is 5.56 Å². The minimum absolute atomic E-state index is 0.106. The minimum atomic E-state index is -4.32. The highest BCUT2D eigenvalue weighted by atomic mass is 35.5. The molecule has 11 heteroatoms. The Hall–Kier alpha value is -2.20. The maximum absolute atomic E-state index is 13.0. The summed E-state index contributed by atoms with van der Waals surface area (Å²) < 4.78 is 26.8. The molecule has 0 radical (unpaired) electrons. The number of nitro benzene ring substituents is 1. The van der Waals surface area contributed by atoms with Gasteiger partial charge in [0.1, 0.15) is 10.9 Å². The molecular formula is C16H14Cl2N2O6S. The molecule has 2 aromatic rings. The van der Waals surface area contributed by atoms with E-state index in [4.69, 9.17) is 23.2 Å². The Labute approximate surface area is 165 Å². The Balaban J connectivity index is 2.49. The van der Waals surface area contributed by atoms with Gasteiger partial charge in [-0.1, -0.05) is 35.3 Å². The van der Waals surface area contributed by atoms with E-state index >= 15 is 0 Å². The first kappa shape index (κ1) is 21.1. The second-order valence-electron chi connectivity index (χ2n) is 5.56. The number of nitro groups is 1. The third kappa shape index (κ3) is 4.75. The average molecular weight is 433 g/mol. The van der Waals surface area contributed by atoms with Crippen molar-refractivity contribution >= 4 is 44.9 Å². The van der Waals surface area contributed by atoms with Crippen molar-refractivity contribution in [2.24, 2.45) is 0 Å². The lowest BCUT2D eigenvalue weighted by molar-refractivity contribution is -0.384. The third-order valence-electron chi connectivity index (χ3n) is 3.75. The van der Waals surface area contributed by atoms with Crippen LogP contribution in [0.4, 0.5) is 5.69 Å². The first-order valence-corrected chi connectivity index (χ1v) is 9.66. The molecule has 1 atom stereocenters. The summed E-state index contributed by atoms with van der Waals surface area (Å²) in [5.74, 6) is -1.36. The molecule has 0 heterocycles. The van der Waals surface area contributed by atoms with Crippen molar-refractivity contribution < 1.29 is 23.2 Å². The zero-order valence-electron chi connectivity index (χ0n) is 13.9. The maximum Gasteiger partial charge on any atom is 0.321 e. The maximum atomic E-state index is 13.0. The summed E-state index contributed by atoms with van der Waals surface area (Å²) in [4.78, 5) is 21.3. The van der Waals surface area contributed by atoms with Crippen molar-refractivity contribution in [3.05, 3.63) is 68.2 Å². The topological polar surface area (TPSA) is 118 Å². The number of benzene rings is 2. The predicted molar refractivity (Wildman–Crippen MR) is 99.4 cm³/mol. The molecule has 2 rings (SSSR count). The van der Waals surface area contributed by atoms with Crippen LogP contribution in [0.2, 0.25) is 10.0 Å². The molecule has 0 aliphatic heterocycles. The van der Waals surface area contributed by atoms with Gasteiger partial charge >= 0.3 is 5.97 Å². The number of carboxylic acid groups (broad SMARTS) is 1. The first-order chi connectivity index (χ1) is 12.5. The van der Waals surface area contributed by atoms with Gasteiger partial charge < -0.3 is 5.11 Å². The van der Waals surface area contributed by atoms with Crippen LogP contribution in [0.15, 0.2) is 47.4 Å². The van der Waals surface area contributed by atoms with E-state index in [1.807, 2.05) is 0 Å². The molecule has 0 saturated carbocycles. The fourth-order valence-electron chi connectivity index (χ4n) is 2.26. The number of carboxylic acids is 1. The van der Waals surface area contributed by atoms with Crippen LogP contribution < -0.4 is 0 Å². The summed E-state index contributed by atoms with van der Waals surface area (Å²) in [5, 5.41) is 20.1. The van der Waals surface area contributed by atoms with Crippen LogP contribution in [0.5, 0.6) is 0 Å². The minimum Gasteiger partial charge on any atom is -0.480 e. The highest BCUT2D eigenvalue weighted by Crippen LogP contribution is 2.30. The zero-order chi connectivity index (χ0) is 20.4. The van der Waals surface area contributed by atoms with E-state index in [1.54, 1.807) is 0 Å². The van der Waals surface area contributed by atoms with Gasteiger partial charge in [-0.2, -0.15) is 4.31 Å². The van der Waals surface area contributed by atoms with E-state index < -0.39 is 27.0 Å². The molecule has 0 aliphatic carbocycles. The molecule has 0 aliphatic rings. The highest BCUT2D eigenvalue weighted by molar-refractivity contribution is 7.89. The number of halogens is 2. The molecular weight excluding hydrogens is 419 g/mol. The van der Waals surface area contributed by atoms with Gasteiger partial charge in [-0.05, 0) is 30.7 Å². The Morgan fingerprint density at radius 1 is 1.22 bits per heavy atom. The molecule has 0 amide bonds. The van der Waals surface area contributed by atoms with Crippen molar-refractivity contribution in [1.82, 2.24) is 4.31 Å². The Morgan fingerprint density at radius 3 is 2.33 bits per heavy atom. The highest BCUT2D eigenvalue weighted by Gasteiger charge is 2.34. The standard InChI is InChI=1S/C16H14Cl2N2O6S/c1-10(16(21)22)19(9-11-2-5-13(6-3-11)20(23)24)27(25,26)15-8-12(17)4-7-14(15)18/h2-8,10H,9H2,1H3,(H,21,22)/t10-/m0/s1. The van der Waals surface area contributed by atoms with Gasteiger partial charge in [-0.15, -0.1) is 0 Å². The predicted octanol–water partition coefficient (Wildman–Crippen LogP) is 3.57. The molecule has 0 aromatic heterocycles. The van der Waals surface area contributed by atoms with E-state index in [1.165, 1.54) is 43.3 Å². The number of carbonyl (C=O) groups is 1. The third-order valence-corrected chi connectivity index (χ3v) is 6.39. The first-order valence-electron chi connectivity index (χ1n) is 7.47. The lowest BCUT2D eigenvalue weighted by Crippen LogP contribution is -2.42. The van der Waals surface area contributed by atoms with Gasteiger partial charge in [0.15, 0.2) is 0 Å². The molecule has 0 fully saturated rings. The number of non-ortho nitro benzene ring substituents is 1. The lowest BCUT2D eigenvalue weighted by atomic mass is 10.2. The summed E-state index contributed by atoms with van der Waals surface area (Å²) in [5.41, 5.74) is 0.202.